The number of hydrogen-bond acceptors (Lipinski definition) is 2. The van der Waals surface area contributed by atoms with Crippen LogP contribution in [0, 0.1) is 17.7 Å². The Kier molecular flexibility index (Phi) is 2.52. The van der Waals surface area contributed by atoms with Gasteiger partial charge in [0.2, 0.25) is 5.91 Å². The number of hydrogen-bond donors (Lipinski definition) is 2. The summed E-state index contributed by atoms with van der Waals surface area (Å²) in [6.07, 6.45) is 0.863. The molecule has 1 saturated carbocycles. The fraction of sp³-hybridized carbons (Fsp3) is 0.333. The lowest BCUT2D eigenvalue weighted by atomic mass is 10.2. The highest BCUT2D eigenvalue weighted by atomic mass is 35.5. The summed E-state index contributed by atoms with van der Waals surface area (Å²) in [4.78, 5) is 11.8. The molecule has 18 heavy (non-hydrogen) atoms. The third-order valence-electron chi connectivity index (χ3n) is 3.30. The van der Waals surface area contributed by atoms with Gasteiger partial charge in [-0.3, -0.25) is 9.89 Å². The largest absolute Gasteiger partial charge is 0.323 e. The number of nitrogens with one attached hydrogen (secondary N) is 2. The van der Waals surface area contributed by atoms with Crippen molar-refractivity contribution in [3.63, 3.8) is 0 Å². The molecule has 6 heteroatoms. The van der Waals surface area contributed by atoms with Gasteiger partial charge in [0.1, 0.15) is 11.0 Å². The molecule has 2 N–H and O–H groups in total. The molecule has 0 radical (unpaired) electrons. The average molecular weight is 268 g/mol. The maximum atomic E-state index is 13.8. The monoisotopic (exact) mass is 267 g/mol. The van der Waals surface area contributed by atoms with Crippen LogP contribution in [-0.4, -0.2) is 16.1 Å². The van der Waals surface area contributed by atoms with Crippen LogP contribution in [0.15, 0.2) is 12.1 Å². The number of carbonyl (C=O) groups excluding carboxylic acids is 1. The first kappa shape index (κ1) is 11.5. The highest BCUT2D eigenvalue weighted by molar-refractivity contribution is 6.34. The molecule has 1 fully saturated rings. The second-order valence-corrected chi connectivity index (χ2v) is 5.07. The fourth-order valence-corrected chi connectivity index (χ4v) is 2.20. The minimum absolute atomic E-state index is 0.0000753. The molecule has 1 aromatic carbocycles. The number of H-pyrrole nitrogens is 1. The Bertz CT molecular complexity index is 640. The molecule has 1 aliphatic rings. The second-order valence-electron chi connectivity index (χ2n) is 4.70. The zero-order valence-electron chi connectivity index (χ0n) is 9.63. The minimum atomic E-state index is -0.507. The molecule has 1 amide bonds. The molecule has 0 aliphatic heterocycles. The van der Waals surface area contributed by atoms with E-state index in [0.717, 1.165) is 6.42 Å². The normalized spacial score (nSPS) is 22.2. The van der Waals surface area contributed by atoms with E-state index in [4.69, 9.17) is 11.6 Å². The van der Waals surface area contributed by atoms with Crippen molar-refractivity contribution in [3.8, 4) is 0 Å². The fourth-order valence-electron chi connectivity index (χ4n) is 2.01. The average Bonchev–Trinajstić information content (AvgIpc) is 2.96. The number of aromatic amines is 1. The number of carbonyl (C=O) groups is 1. The number of amides is 1. The number of benzene rings is 1. The van der Waals surface area contributed by atoms with Crippen molar-refractivity contribution in [2.24, 2.45) is 11.8 Å². The van der Waals surface area contributed by atoms with E-state index < -0.39 is 5.82 Å². The molecule has 1 aromatic heterocycles. The number of halogens is 2. The number of fused-ring (bicyclic) bond motifs is 1. The van der Waals surface area contributed by atoms with E-state index in [1.54, 1.807) is 0 Å². The lowest BCUT2D eigenvalue weighted by Crippen LogP contribution is -2.15. The summed E-state index contributed by atoms with van der Waals surface area (Å²) in [5, 5.41) is 9.94. The molecule has 4 nitrogen and oxygen atoms in total. The second kappa shape index (κ2) is 3.95. The van der Waals surface area contributed by atoms with Gasteiger partial charge < -0.3 is 5.32 Å². The summed E-state index contributed by atoms with van der Waals surface area (Å²) in [7, 11) is 0. The van der Waals surface area contributed by atoms with Gasteiger partial charge in [-0.15, -0.1) is 0 Å². The summed E-state index contributed by atoms with van der Waals surface area (Å²) in [5.41, 5.74) is 0.588. The van der Waals surface area contributed by atoms with Crippen molar-refractivity contribution in [1.29, 1.82) is 0 Å². The van der Waals surface area contributed by atoms with Gasteiger partial charge in [0, 0.05) is 17.4 Å². The van der Waals surface area contributed by atoms with Crippen LogP contribution in [-0.2, 0) is 4.79 Å². The maximum Gasteiger partial charge on any atom is 0.227 e. The molecule has 1 aliphatic carbocycles. The summed E-state index contributed by atoms with van der Waals surface area (Å²) >= 11 is 5.88. The van der Waals surface area contributed by atoms with E-state index in [9.17, 15) is 9.18 Å². The summed E-state index contributed by atoms with van der Waals surface area (Å²) in [6, 6.07) is 2.76. The molecule has 94 valence electrons. The van der Waals surface area contributed by atoms with Gasteiger partial charge in [0.25, 0.3) is 0 Å². The van der Waals surface area contributed by atoms with Gasteiger partial charge in [0.15, 0.2) is 0 Å². The quantitative estimate of drug-likeness (QED) is 0.879. The van der Waals surface area contributed by atoms with Crippen LogP contribution >= 0.6 is 11.6 Å². The topological polar surface area (TPSA) is 57.8 Å². The minimum Gasteiger partial charge on any atom is -0.323 e. The van der Waals surface area contributed by atoms with Crippen LogP contribution in [0.5, 0.6) is 0 Å². The first-order valence-corrected chi connectivity index (χ1v) is 6.08. The molecule has 0 spiro atoms. The van der Waals surface area contributed by atoms with Crippen molar-refractivity contribution < 1.29 is 9.18 Å². The van der Waals surface area contributed by atoms with Crippen LogP contribution in [0.2, 0.25) is 5.15 Å². The molecule has 1 heterocycles. The summed E-state index contributed by atoms with van der Waals surface area (Å²) in [5.74, 6) is -0.262. The van der Waals surface area contributed by atoms with Crippen molar-refractivity contribution in [1.82, 2.24) is 10.2 Å². The van der Waals surface area contributed by atoms with Crippen molar-refractivity contribution in [3.05, 3.63) is 23.1 Å². The number of aromatic nitrogens is 2. The lowest BCUT2D eigenvalue weighted by Gasteiger charge is -2.06. The molecule has 3 rings (SSSR count). The smallest absolute Gasteiger partial charge is 0.227 e. The van der Waals surface area contributed by atoms with Crippen molar-refractivity contribution >= 4 is 34.1 Å². The Balaban J connectivity index is 1.93. The molecular weight excluding hydrogens is 257 g/mol. The SMILES string of the molecule is CC1CC1C(=O)Nc1cc2c(Cl)[nH]nc2cc1F. The highest BCUT2D eigenvalue weighted by Crippen LogP contribution is 2.39. The van der Waals surface area contributed by atoms with E-state index in [1.807, 2.05) is 6.92 Å². The van der Waals surface area contributed by atoms with E-state index >= 15 is 0 Å². The van der Waals surface area contributed by atoms with Crippen LogP contribution in [0.4, 0.5) is 10.1 Å². The van der Waals surface area contributed by atoms with Gasteiger partial charge in [-0.25, -0.2) is 4.39 Å². The predicted molar refractivity (Wildman–Crippen MR) is 67.0 cm³/mol. The highest BCUT2D eigenvalue weighted by Gasteiger charge is 2.39. The van der Waals surface area contributed by atoms with Crippen LogP contribution in [0.1, 0.15) is 13.3 Å². The van der Waals surface area contributed by atoms with E-state index in [-0.39, 0.29) is 17.5 Å². The molecule has 0 saturated heterocycles. The first-order chi connectivity index (χ1) is 8.56. The lowest BCUT2D eigenvalue weighted by molar-refractivity contribution is -0.117. The van der Waals surface area contributed by atoms with E-state index in [0.29, 0.717) is 22.0 Å². The zero-order chi connectivity index (χ0) is 12.9. The number of anilines is 1. The third kappa shape index (κ3) is 1.84. The molecule has 2 unspecified atom stereocenters. The predicted octanol–water partition coefficient (Wildman–Crippen LogP) is 2.95. The van der Waals surface area contributed by atoms with Gasteiger partial charge in [0.05, 0.1) is 11.2 Å². The Morgan fingerprint density at radius 1 is 1.61 bits per heavy atom. The molecule has 2 atom stereocenters. The summed E-state index contributed by atoms with van der Waals surface area (Å²) < 4.78 is 13.8. The van der Waals surface area contributed by atoms with Crippen LogP contribution in [0.25, 0.3) is 10.9 Å². The third-order valence-corrected chi connectivity index (χ3v) is 3.59. The molecule has 2 aromatic rings. The number of rotatable bonds is 2. The zero-order valence-corrected chi connectivity index (χ0v) is 10.4. The van der Waals surface area contributed by atoms with Gasteiger partial charge in [-0.1, -0.05) is 18.5 Å². The standard InChI is InChI=1S/C12H11ClFN3O/c1-5-2-6(5)12(18)15-10-3-7-9(4-8(10)14)16-17-11(7)13/h3-6H,2H2,1H3,(H,15,18)(H,16,17). The molecular formula is C12H11ClFN3O. The van der Waals surface area contributed by atoms with Gasteiger partial charge >= 0.3 is 0 Å². The van der Waals surface area contributed by atoms with Gasteiger partial charge in [-0.2, -0.15) is 5.10 Å². The summed E-state index contributed by atoms with van der Waals surface area (Å²) in [6.45, 7) is 2.00. The Morgan fingerprint density at radius 2 is 2.33 bits per heavy atom. The Morgan fingerprint density at radius 3 is 3.00 bits per heavy atom. The Hall–Kier alpha value is -1.62. The van der Waals surface area contributed by atoms with Crippen LogP contribution < -0.4 is 5.32 Å². The Labute approximate surface area is 108 Å². The van der Waals surface area contributed by atoms with E-state index in [2.05, 4.69) is 15.5 Å². The van der Waals surface area contributed by atoms with Gasteiger partial charge in [-0.05, 0) is 18.4 Å². The number of nitrogens with zero attached hydrogens (tertiary/aromatic N) is 1. The van der Waals surface area contributed by atoms with Crippen LogP contribution in [0.3, 0.4) is 0 Å². The van der Waals surface area contributed by atoms with Crippen molar-refractivity contribution in [2.75, 3.05) is 5.32 Å². The van der Waals surface area contributed by atoms with E-state index in [1.165, 1.54) is 12.1 Å². The molecule has 0 bridgehead atoms. The maximum absolute atomic E-state index is 13.8. The van der Waals surface area contributed by atoms with Crippen molar-refractivity contribution in [2.45, 2.75) is 13.3 Å². The first-order valence-electron chi connectivity index (χ1n) is 5.70.